The van der Waals surface area contributed by atoms with Gasteiger partial charge < -0.3 is 9.47 Å². The van der Waals surface area contributed by atoms with Gasteiger partial charge in [-0.05, 0) is 18.6 Å². The summed E-state index contributed by atoms with van der Waals surface area (Å²) in [5, 5.41) is 0. The van der Waals surface area contributed by atoms with Crippen molar-refractivity contribution < 1.29 is 19.1 Å². The molecule has 0 aliphatic carbocycles. The predicted octanol–water partition coefficient (Wildman–Crippen LogP) is 3.55. The molecule has 0 spiro atoms. The number of esters is 1. The van der Waals surface area contributed by atoms with Gasteiger partial charge in [0.25, 0.3) is 5.91 Å². The maximum Gasteiger partial charge on any atom is 0.303 e. The lowest BCUT2D eigenvalue weighted by molar-refractivity contribution is -0.156. The Morgan fingerprint density at radius 3 is 2.41 bits per heavy atom. The van der Waals surface area contributed by atoms with Crippen LogP contribution in [0.15, 0.2) is 72.3 Å². The Morgan fingerprint density at radius 1 is 1.15 bits per heavy atom. The monoisotopic (exact) mass is 363 g/mol. The summed E-state index contributed by atoms with van der Waals surface area (Å²) in [6.07, 6.45) is 0.722. The van der Waals surface area contributed by atoms with E-state index in [0.717, 1.165) is 11.1 Å². The SMILES string of the molecule is CC(=O)O[C@@H](c1ccccc1)[C@]12C=C(C)C(=O)N1[C@@H](c1ccccc1)OC2. The van der Waals surface area contributed by atoms with E-state index in [4.69, 9.17) is 9.47 Å². The number of benzene rings is 2. The van der Waals surface area contributed by atoms with Crippen molar-refractivity contribution in [3.05, 3.63) is 83.4 Å². The molecule has 4 rings (SSSR count). The van der Waals surface area contributed by atoms with Gasteiger partial charge in [0, 0.05) is 18.1 Å². The Labute approximate surface area is 158 Å². The molecule has 2 heterocycles. The van der Waals surface area contributed by atoms with E-state index in [9.17, 15) is 9.59 Å². The number of carbonyl (C=O) groups is 2. The third-order valence-corrected chi connectivity index (χ3v) is 5.10. The summed E-state index contributed by atoms with van der Waals surface area (Å²) in [7, 11) is 0. The molecule has 2 aromatic rings. The van der Waals surface area contributed by atoms with Crippen LogP contribution in [0.1, 0.15) is 37.3 Å². The van der Waals surface area contributed by atoms with Crippen LogP contribution in [-0.2, 0) is 19.1 Å². The summed E-state index contributed by atoms with van der Waals surface area (Å²) < 4.78 is 11.8. The highest BCUT2D eigenvalue weighted by Gasteiger charge is 2.59. The fraction of sp³-hybridized carbons (Fsp3) is 0.273. The minimum atomic E-state index is -0.866. The van der Waals surface area contributed by atoms with Crippen molar-refractivity contribution >= 4 is 11.9 Å². The van der Waals surface area contributed by atoms with E-state index in [1.165, 1.54) is 6.92 Å². The lowest BCUT2D eigenvalue weighted by Gasteiger charge is -2.38. The van der Waals surface area contributed by atoms with Crippen LogP contribution in [0.25, 0.3) is 0 Å². The van der Waals surface area contributed by atoms with Gasteiger partial charge in [0.15, 0.2) is 12.3 Å². The molecule has 0 radical (unpaired) electrons. The van der Waals surface area contributed by atoms with Gasteiger partial charge in [0.2, 0.25) is 0 Å². The molecule has 5 nitrogen and oxygen atoms in total. The summed E-state index contributed by atoms with van der Waals surface area (Å²) in [5.41, 5.74) is 1.49. The predicted molar refractivity (Wildman–Crippen MR) is 99.4 cm³/mol. The van der Waals surface area contributed by atoms with Crippen LogP contribution in [0.4, 0.5) is 0 Å². The normalized spacial score (nSPS) is 25.1. The second-order valence-corrected chi connectivity index (χ2v) is 6.97. The highest BCUT2D eigenvalue weighted by molar-refractivity contribution is 5.97. The maximum atomic E-state index is 13.0. The van der Waals surface area contributed by atoms with Crippen LogP contribution >= 0.6 is 0 Å². The van der Waals surface area contributed by atoms with Gasteiger partial charge in [-0.25, -0.2) is 0 Å². The number of carbonyl (C=O) groups excluding carboxylic acids is 2. The highest BCUT2D eigenvalue weighted by Crippen LogP contribution is 2.50. The first kappa shape index (κ1) is 17.5. The number of hydrogen-bond donors (Lipinski definition) is 0. The van der Waals surface area contributed by atoms with Gasteiger partial charge in [-0.1, -0.05) is 60.7 Å². The van der Waals surface area contributed by atoms with E-state index >= 15 is 0 Å². The Bertz CT molecular complexity index is 893. The van der Waals surface area contributed by atoms with E-state index in [1.807, 2.05) is 66.7 Å². The molecule has 2 aliphatic rings. The lowest BCUT2D eigenvalue weighted by atomic mass is 9.87. The smallest absolute Gasteiger partial charge is 0.303 e. The van der Waals surface area contributed by atoms with Crippen LogP contribution in [0.3, 0.4) is 0 Å². The number of amides is 1. The Morgan fingerprint density at radius 2 is 1.78 bits per heavy atom. The molecule has 1 fully saturated rings. The van der Waals surface area contributed by atoms with E-state index in [2.05, 4.69) is 0 Å². The first-order valence-electron chi connectivity index (χ1n) is 8.95. The van der Waals surface area contributed by atoms with E-state index < -0.39 is 23.8 Å². The third kappa shape index (κ3) is 2.84. The zero-order chi connectivity index (χ0) is 19.0. The molecule has 3 atom stereocenters. The van der Waals surface area contributed by atoms with Crippen molar-refractivity contribution in [1.29, 1.82) is 0 Å². The van der Waals surface area contributed by atoms with E-state index in [-0.39, 0.29) is 12.5 Å². The molecule has 2 aromatic carbocycles. The van der Waals surface area contributed by atoms with E-state index in [1.54, 1.807) is 11.8 Å². The zero-order valence-corrected chi connectivity index (χ0v) is 15.3. The van der Waals surface area contributed by atoms with Gasteiger partial charge in [0.05, 0.1) is 6.61 Å². The maximum absolute atomic E-state index is 13.0. The van der Waals surface area contributed by atoms with Crippen LogP contribution < -0.4 is 0 Å². The fourth-order valence-electron chi connectivity index (χ4n) is 4.00. The fourth-order valence-corrected chi connectivity index (χ4v) is 4.00. The average Bonchev–Trinajstić information content (AvgIpc) is 3.17. The summed E-state index contributed by atoms with van der Waals surface area (Å²) in [6.45, 7) is 3.43. The van der Waals surface area contributed by atoms with Crippen molar-refractivity contribution in [2.75, 3.05) is 6.61 Å². The molecule has 2 aliphatic heterocycles. The standard InChI is InChI=1S/C22H21NO4/c1-15-13-22(19(27-16(2)24)17-9-5-3-6-10-17)14-26-21(23(22)20(15)25)18-11-7-4-8-12-18/h3-13,19,21H,14H2,1-2H3/t19-,21+,22+/m0/s1. The van der Waals surface area contributed by atoms with Crippen molar-refractivity contribution in [3.63, 3.8) is 0 Å². The largest absolute Gasteiger partial charge is 0.455 e. The molecule has 1 saturated heterocycles. The summed E-state index contributed by atoms with van der Waals surface area (Å²) in [4.78, 5) is 26.7. The minimum absolute atomic E-state index is 0.102. The quantitative estimate of drug-likeness (QED) is 0.780. The molecule has 0 aromatic heterocycles. The lowest BCUT2D eigenvalue weighted by Crippen LogP contribution is -2.49. The first-order chi connectivity index (χ1) is 13.0. The van der Waals surface area contributed by atoms with Crippen LogP contribution in [0.5, 0.6) is 0 Å². The Balaban J connectivity index is 1.82. The van der Waals surface area contributed by atoms with Gasteiger partial charge >= 0.3 is 5.97 Å². The van der Waals surface area contributed by atoms with E-state index in [0.29, 0.717) is 5.57 Å². The average molecular weight is 363 g/mol. The molecular weight excluding hydrogens is 342 g/mol. The third-order valence-electron chi connectivity index (χ3n) is 5.10. The van der Waals surface area contributed by atoms with Crippen molar-refractivity contribution in [1.82, 2.24) is 4.90 Å². The molecule has 5 heteroatoms. The molecule has 0 unspecified atom stereocenters. The van der Waals surface area contributed by atoms with Crippen LogP contribution in [0, 0.1) is 0 Å². The van der Waals surface area contributed by atoms with Crippen molar-refractivity contribution in [2.24, 2.45) is 0 Å². The molecular formula is C22H21NO4. The zero-order valence-electron chi connectivity index (χ0n) is 15.3. The summed E-state index contributed by atoms with van der Waals surface area (Å²) >= 11 is 0. The number of ether oxygens (including phenoxy) is 2. The van der Waals surface area contributed by atoms with Gasteiger partial charge in [0.1, 0.15) is 5.54 Å². The molecule has 0 N–H and O–H groups in total. The second-order valence-electron chi connectivity index (χ2n) is 6.97. The minimum Gasteiger partial charge on any atom is -0.455 e. The number of nitrogens with zero attached hydrogens (tertiary/aromatic N) is 1. The topological polar surface area (TPSA) is 55.8 Å². The highest BCUT2D eigenvalue weighted by atomic mass is 16.6. The summed E-state index contributed by atoms with van der Waals surface area (Å²) in [6, 6.07) is 19.1. The van der Waals surface area contributed by atoms with Crippen LogP contribution in [0.2, 0.25) is 0 Å². The molecule has 0 bridgehead atoms. The molecule has 27 heavy (non-hydrogen) atoms. The van der Waals surface area contributed by atoms with Crippen molar-refractivity contribution in [2.45, 2.75) is 31.7 Å². The molecule has 138 valence electrons. The first-order valence-corrected chi connectivity index (χ1v) is 8.95. The van der Waals surface area contributed by atoms with Crippen LogP contribution in [-0.4, -0.2) is 28.9 Å². The number of rotatable bonds is 4. The second kappa shape index (κ2) is 6.67. The van der Waals surface area contributed by atoms with Gasteiger partial charge in [-0.3, -0.25) is 14.5 Å². The summed E-state index contributed by atoms with van der Waals surface area (Å²) in [5.74, 6) is -0.499. The van der Waals surface area contributed by atoms with Gasteiger partial charge in [-0.15, -0.1) is 0 Å². The number of hydrogen-bond acceptors (Lipinski definition) is 4. The number of fused-ring (bicyclic) bond motifs is 1. The van der Waals surface area contributed by atoms with Crippen molar-refractivity contribution in [3.8, 4) is 0 Å². The Kier molecular flexibility index (Phi) is 4.32. The molecule has 1 amide bonds. The van der Waals surface area contributed by atoms with Gasteiger partial charge in [-0.2, -0.15) is 0 Å². The molecule has 0 saturated carbocycles. The Hall–Kier alpha value is -2.92.